The summed E-state index contributed by atoms with van der Waals surface area (Å²) in [6.07, 6.45) is 10.1. The van der Waals surface area contributed by atoms with Crippen molar-refractivity contribution in [2.75, 3.05) is 0 Å². The molecule has 0 aliphatic carbocycles. The number of hydrogen-bond donors (Lipinski definition) is 0. The average molecular weight is 821 g/mol. The molecular formula is C59H40N4O. The first kappa shape index (κ1) is 38.4. The first-order chi connectivity index (χ1) is 31.6. The Morgan fingerprint density at radius 3 is 1.44 bits per heavy atom. The van der Waals surface area contributed by atoms with Crippen molar-refractivity contribution in [2.45, 2.75) is 6.92 Å². The number of aromatic nitrogens is 4. The second-order valence-electron chi connectivity index (χ2n) is 15.9. The third kappa shape index (κ3) is 7.56. The Hall–Kier alpha value is -8.54. The van der Waals surface area contributed by atoms with E-state index < -0.39 is 0 Å². The van der Waals surface area contributed by atoms with Gasteiger partial charge in [-0.15, -0.1) is 0 Å². The van der Waals surface area contributed by atoms with Crippen LogP contribution in [0.3, 0.4) is 0 Å². The van der Waals surface area contributed by atoms with Gasteiger partial charge in [-0.3, -0.25) is 15.0 Å². The molecule has 0 bridgehead atoms. The van der Waals surface area contributed by atoms with E-state index >= 15 is 0 Å². The van der Waals surface area contributed by atoms with E-state index in [0.717, 1.165) is 111 Å². The van der Waals surface area contributed by atoms with E-state index in [1.807, 2.05) is 68.0 Å². The highest BCUT2D eigenvalue weighted by Gasteiger charge is 2.16. The quantitative estimate of drug-likeness (QED) is 0.145. The van der Waals surface area contributed by atoms with Crippen LogP contribution in [0, 0.1) is 6.92 Å². The zero-order valence-electron chi connectivity index (χ0n) is 35.1. The summed E-state index contributed by atoms with van der Waals surface area (Å²) in [5.74, 6) is 0. The van der Waals surface area contributed by atoms with Crippen LogP contribution in [-0.2, 0) is 0 Å². The number of pyridine rings is 4. The first-order valence-electron chi connectivity index (χ1n) is 21.4. The van der Waals surface area contributed by atoms with Crippen molar-refractivity contribution in [1.82, 2.24) is 19.9 Å². The summed E-state index contributed by atoms with van der Waals surface area (Å²) in [6, 6.07) is 67.6. The van der Waals surface area contributed by atoms with Gasteiger partial charge in [0.1, 0.15) is 5.58 Å². The Morgan fingerprint density at radius 2 is 0.891 bits per heavy atom. The molecule has 0 unspecified atom stereocenters. The van der Waals surface area contributed by atoms with Crippen LogP contribution in [0.1, 0.15) is 17.0 Å². The van der Waals surface area contributed by atoms with Crippen molar-refractivity contribution in [3.8, 4) is 78.1 Å². The van der Waals surface area contributed by atoms with Gasteiger partial charge in [-0.1, -0.05) is 152 Å². The molecule has 0 N–H and O–H groups in total. The fraction of sp³-hybridized carbons (Fsp3) is 0.0169. The van der Waals surface area contributed by atoms with Gasteiger partial charge in [-0.25, -0.2) is 4.98 Å². The van der Waals surface area contributed by atoms with Gasteiger partial charge in [0.2, 0.25) is 5.71 Å². The van der Waals surface area contributed by atoms with Gasteiger partial charge in [0.15, 0.2) is 0 Å². The lowest BCUT2D eigenvalue weighted by molar-refractivity contribution is 0.653. The number of para-hydroxylation sites is 1. The minimum atomic E-state index is 0.650. The molecule has 0 amide bonds. The monoisotopic (exact) mass is 820 g/mol. The van der Waals surface area contributed by atoms with E-state index in [-0.39, 0.29) is 0 Å². The predicted molar refractivity (Wildman–Crippen MR) is 263 cm³/mol. The molecule has 0 atom stereocenters. The van der Waals surface area contributed by atoms with Crippen LogP contribution < -0.4 is 0 Å². The van der Waals surface area contributed by atoms with Crippen LogP contribution >= 0.6 is 0 Å². The number of furan rings is 1. The highest BCUT2D eigenvalue weighted by Crippen LogP contribution is 2.40. The molecular weight excluding hydrogens is 781 g/mol. The number of rotatable bonds is 9. The van der Waals surface area contributed by atoms with Crippen LogP contribution in [0.4, 0.5) is 0 Å². The van der Waals surface area contributed by atoms with Gasteiger partial charge in [0.25, 0.3) is 0 Å². The highest BCUT2D eigenvalue weighted by atomic mass is 16.3. The Bertz CT molecular complexity index is 3320. The zero-order chi connectivity index (χ0) is 42.8. The van der Waals surface area contributed by atoms with Crippen LogP contribution in [0.25, 0.3) is 112 Å². The minimum absolute atomic E-state index is 0.650. The maximum Gasteiger partial charge on any atom is 0.227 e. The van der Waals surface area contributed by atoms with Gasteiger partial charge < -0.3 is 4.42 Å². The summed E-state index contributed by atoms with van der Waals surface area (Å²) in [6.45, 7) is 1.98. The molecule has 0 saturated carbocycles. The standard InChI is InChI=1S/C59H40N4O/c1-39-23-30-55-54-22-12-21-53(58(54)64-59(55)63-39)45-25-29-48(60-36-45)28-24-40-33-46(51-19-10-8-17-49(51)43-26-31-56(61-37-43)41-13-4-2-5-14-41)35-47(34-40)52-20-11-9-18-50(52)44-27-32-57(62-38-44)42-15-6-3-7-16-42/h2-38H,1H3. The van der Waals surface area contributed by atoms with Crippen molar-refractivity contribution >= 4 is 34.2 Å². The van der Waals surface area contributed by atoms with E-state index in [4.69, 9.17) is 19.4 Å². The van der Waals surface area contributed by atoms with Crippen LogP contribution in [0.15, 0.2) is 217 Å². The summed E-state index contributed by atoms with van der Waals surface area (Å²) < 4.78 is 6.31. The topological polar surface area (TPSA) is 64.7 Å². The molecule has 0 aliphatic rings. The summed E-state index contributed by atoms with van der Waals surface area (Å²) in [7, 11) is 0. The number of fused-ring (bicyclic) bond motifs is 3. The molecule has 11 rings (SSSR count). The molecule has 0 saturated heterocycles. The Kier molecular flexibility index (Phi) is 10.0. The normalized spacial score (nSPS) is 11.5. The van der Waals surface area contributed by atoms with Gasteiger partial charge >= 0.3 is 0 Å². The van der Waals surface area contributed by atoms with Gasteiger partial charge in [-0.05, 0) is 100 Å². The zero-order valence-corrected chi connectivity index (χ0v) is 35.1. The SMILES string of the molecule is Cc1ccc2c(n1)oc1c(-c3ccc(C=Cc4cc(-c5ccccc5-c5ccc(-c6ccccc6)nc5)cc(-c5ccccc5-c5ccc(-c6ccccc6)nc5)c4)nc3)cccc12. The molecule has 5 nitrogen and oxygen atoms in total. The lowest BCUT2D eigenvalue weighted by atomic mass is 9.89. The summed E-state index contributed by atoms with van der Waals surface area (Å²) in [4.78, 5) is 19.3. The number of hydrogen-bond acceptors (Lipinski definition) is 5. The van der Waals surface area contributed by atoms with Crippen LogP contribution in [0.5, 0.6) is 0 Å². The van der Waals surface area contributed by atoms with Crippen molar-refractivity contribution in [1.29, 1.82) is 0 Å². The van der Waals surface area contributed by atoms with E-state index in [1.165, 1.54) is 0 Å². The second kappa shape index (κ2) is 16.7. The number of benzene rings is 6. The van der Waals surface area contributed by atoms with E-state index in [9.17, 15) is 0 Å². The molecule has 11 aromatic rings. The summed E-state index contributed by atoms with van der Waals surface area (Å²) >= 11 is 0. The second-order valence-corrected chi connectivity index (χ2v) is 15.9. The fourth-order valence-electron chi connectivity index (χ4n) is 8.54. The highest BCUT2D eigenvalue weighted by molar-refractivity contribution is 6.08. The van der Waals surface area contributed by atoms with E-state index in [0.29, 0.717) is 5.71 Å². The summed E-state index contributed by atoms with van der Waals surface area (Å²) in [5.41, 5.74) is 19.1. The molecule has 0 spiro atoms. The third-order valence-electron chi connectivity index (χ3n) is 11.8. The molecule has 5 aromatic heterocycles. The average Bonchev–Trinajstić information content (AvgIpc) is 3.74. The van der Waals surface area contributed by atoms with Gasteiger partial charge in [-0.2, -0.15) is 0 Å². The van der Waals surface area contributed by atoms with Crippen molar-refractivity contribution in [2.24, 2.45) is 0 Å². The largest absolute Gasteiger partial charge is 0.437 e. The first-order valence-corrected chi connectivity index (χ1v) is 21.4. The Balaban J connectivity index is 0.981. The maximum atomic E-state index is 6.31. The smallest absolute Gasteiger partial charge is 0.227 e. The number of aryl methyl sites for hydroxylation is 1. The lowest BCUT2D eigenvalue weighted by Gasteiger charge is -2.15. The maximum absolute atomic E-state index is 6.31. The fourth-order valence-corrected chi connectivity index (χ4v) is 8.54. The predicted octanol–water partition coefficient (Wildman–Crippen LogP) is 15.3. The van der Waals surface area contributed by atoms with Crippen LogP contribution in [-0.4, -0.2) is 19.9 Å². The summed E-state index contributed by atoms with van der Waals surface area (Å²) in [5, 5.41) is 2.06. The lowest BCUT2D eigenvalue weighted by Crippen LogP contribution is -1.92. The molecule has 6 aromatic carbocycles. The van der Waals surface area contributed by atoms with Crippen molar-refractivity contribution < 1.29 is 4.42 Å². The van der Waals surface area contributed by atoms with Crippen molar-refractivity contribution in [3.05, 3.63) is 230 Å². The Morgan fingerprint density at radius 1 is 0.375 bits per heavy atom. The Labute approximate surface area is 371 Å². The third-order valence-corrected chi connectivity index (χ3v) is 11.8. The van der Waals surface area contributed by atoms with Gasteiger partial charge in [0.05, 0.1) is 17.1 Å². The molecule has 0 aliphatic heterocycles. The molecule has 0 radical (unpaired) electrons. The molecule has 5 heterocycles. The molecule has 0 fully saturated rings. The molecule has 5 heteroatoms. The molecule has 302 valence electrons. The van der Waals surface area contributed by atoms with Crippen molar-refractivity contribution in [3.63, 3.8) is 0 Å². The van der Waals surface area contributed by atoms with E-state index in [1.54, 1.807) is 0 Å². The van der Waals surface area contributed by atoms with Crippen LogP contribution in [0.2, 0.25) is 0 Å². The number of nitrogens with zero attached hydrogens (tertiary/aromatic N) is 4. The van der Waals surface area contributed by atoms with Gasteiger partial charge in [0, 0.05) is 68.4 Å². The molecule has 64 heavy (non-hydrogen) atoms. The van der Waals surface area contributed by atoms with E-state index in [2.05, 4.69) is 169 Å². The minimum Gasteiger partial charge on any atom is -0.437 e.